The Labute approximate surface area is 215 Å². The van der Waals surface area contributed by atoms with E-state index in [9.17, 15) is 14.0 Å². The van der Waals surface area contributed by atoms with E-state index in [1.165, 1.54) is 6.07 Å². The molecular formula is C26H32FN7O3. The van der Waals surface area contributed by atoms with Crippen LogP contribution in [0.4, 0.5) is 31.2 Å². The Bertz CT molecular complexity index is 1360. The molecular weight excluding hydrogens is 477 g/mol. The van der Waals surface area contributed by atoms with Crippen molar-refractivity contribution in [3.63, 3.8) is 0 Å². The summed E-state index contributed by atoms with van der Waals surface area (Å²) in [5, 5.41) is 2.81. The monoisotopic (exact) mass is 509 g/mol. The molecule has 10 nitrogen and oxygen atoms in total. The van der Waals surface area contributed by atoms with E-state index in [0.717, 1.165) is 11.3 Å². The molecule has 11 heteroatoms. The van der Waals surface area contributed by atoms with Crippen LogP contribution in [0.15, 0.2) is 30.7 Å². The van der Waals surface area contributed by atoms with Crippen molar-refractivity contribution in [2.45, 2.75) is 46.1 Å². The van der Waals surface area contributed by atoms with Crippen molar-refractivity contribution in [1.29, 1.82) is 0 Å². The maximum Gasteiger partial charge on any atom is 0.410 e. The first kappa shape index (κ1) is 24.8. The van der Waals surface area contributed by atoms with Crippen LogP contribution in [0.5, 0.6) is 0 Å². The van der Waals surface area contributed by atoms with Gasteiger partial charge in [0.05, 0.1) is 11.4 Å². The molecule has 0 aliphatic carbocycles. The van der Waals surface area contributed by atoms with Crippen LogP contribution in [0.1, 0.15) is 44.9 Å². The number of hydrogen-bond donors (Lipinski definition) is 1. The van der Waals surface area contributed by atoms with E-state index in [-0.39, 0.29) is 23.7 Å². The van der Waals surface area contributed by atoms with Gasteiger partial charge in [-0.25, -0.2) is 23.9 Å². The fraction of sp³-hybridized carbons (Fsp3) is 0.462. The average molecular weight is 510 g/mol. The van der Waals surface area contributed by atoms with E-state index in [4.69, 9.17) is 4.74 Å². The number of aryl methyl sites for hydroxylation is 1. The second kappa shape index (κ2) is 9.20. The Balaban J connectivity index is 1.32. The Morgan fingerprint density at radius 2 is 1.89 bits per heavy atom. The summed E-state index contributed by atoms with van der Waals surface area (Å²) >= 11 is 0. The van der Waals surface area contributed by atoms with Gasteiger partial charge in [-0.05, 0) is 33.8 Å². The first-order valence-corrected chi connectivity index (χ1v) is 12.5. The molecule has 1 unspecified atom stereocenters. The lowest BCUT2D eigenvalue weighted by Crippen LogP contribution is -2.50. The highest BCUT2D eigenvalue weighted by Gasteiger charge is 2.36. The number of anilines is 3. The summed E-state index contributed by atoms with van der Waals surface area (Å²) in [6, 6.07) is 2.86. The van der Waals surface area contributed by atoms with Gasteiger partial charge < -0.3 is 24.3 Å². The Morgan fingerprint density at radius 1 is 1.16 bits per heavy atom. The average Bonchev–Trinajstić information content (AvgIpc) is 3.38. The van der Waals surface area contributed by atoms with Gasteiger partial charge in [0.1, 0.15) is 11.4 Å². The second-order valence-electron chi connectivity index (χ2n) is 10.7. The third-order valence-corrected chi connectivity index (χ3v) is 6.55. The Hall–Kier alpha value is -3.89. The molecule has 1 N–H and O–H groups in total. The molecule has 196 valence electrons. The smallest absolute Gasteiger partial charge is 0.410 e. The SMILES string of the molecule is Cc1cn2cc(NC(=O)N3CC(C)c4c(N5CCN(C(=O)OC(C)(C)C)CC5)ccnc43)cc(F)c2n1. The van der Waals surface area contributed by atoms with E-state index in [2.05, 4.69) is 27.1 Å². The first-order chi connectivity index (χ1) is 17.5. The van der Waals surface area contributed by atoms with Gasteiger partial charge in [-0.15, -0.1) is 0 Å². The van der Waals surface area contributed by atoms with E-state index in [1.54, 1.807) is 39.7 Å². The molecule has 1 fully saturated rings. The lowest BCUT2D eigenvalue weighted by molar-refractivity contribution is 0.0240. The number of rotatable bonds is 2. The standard InChI is InChI=1S/C26H32FN7O3/c1-16-13-34(24(35)30-18-12-19(27)22-29-17(2)14-33(22)15-18)23-21(16)20(6-7-28-23)31-8-10-32(11-9-31)25(36)37-26(3,4)5/h6-7,12,14-16H,8-11,13H2,1-5H3,(H,30,35). The fourth-order valence-electron chi connectivity index (χ4n) is 4.94. The number of carbonyl (C=O) groups is 2. The van der Waals surface area contributed by atoms with Crippen LogP contribution in [-0.4, -0.2) is 69.7 Å². The van der Waals surface area contributed by atoms with Crippen molar-refractivity contribution < 1.29 is 18.7 Å². The van der Waals surface area contributed by atoms with Gasteiger partial charge in [0.15, 0.2) is 11.5 Å². The topological polar surface area (TPSA) is 95.3 Å². The lowest BCUT2D eigenvalue weighted by atomic mass is 10.0. The lowest BCUT2D eigenvalue weighted by Gasteiger charge is -2.37. The molecule has 0 aromatic carbocycles. The number of aromatic nitrogens is 3. The zero-order valence-electron chi connectivity index (χ0n) is 21.8. The van der Waals surface area contributed by atoms with Gasteiger partial charge >= 0.3 is 12.1 Å². The number of nitrogens with one attached hydrogen (secondary N) is 1. The van der Waals surface area contributed by atoms with Crippen LogP contribution in [0.3, 0.4) is 0 Å². The van der Waals surface area contributed by atoms with Crippen LogP contribution in [0, 0.1) is 12.7 Å². The van der Waals surface area contributed by atoms with Gasteiger partial charge in [0.2, 0.25) is 0 Å². The predicted molar refractivity (Wildman–Crippen MR) is 139 cm³/mol. The van der Waals surface area contributed by atoms with E-state index >= 15 is 0 Å². The molecule has 3 aromatic rings. The number of nitrogens with zero attached hydrogens (tertiary/aromatic N) is 6. The summed E-state index contributed by atoms with van der Waals surface area (Å²) < 4.78 is 21.6. The quantitative estimate of drug-likeness (QED) is 0.551. The molecule has 0 radical (unpaired) electrons. The zero-order chi connectivity index (χ0) is 26.5. The number of fused-ring (bicyclic) bond motifs is 2. The van der Waals surface area contributed by atoms with Crippen LogP contribution < -0.4 is 15.1 Å². The number of ether oxygens (including phenoxy) is 1. The van der Waals surface area contributed by atoms with Crippen molar-refractivity contribution in [3.8, 4) is 0 Å². The summed E-state index contributed by atoms with van der Waals surface area (Å²) in [5.41, 5.74) is 2.72. The number of carbonyl (C=O) groups excluding carboxylic acids is 2. The minimum Gasteiger partial charge on any atom is -0.444 e. The molecule has 1 saturated heterocycles. The molecule has 5 rings (SSSR count). The third-order valence-electron chi connectivity index (χ3n) is 6.55. The minimum atomic E-state index is -0.533. The summed E-state index contributed by atoms with van der Waals surface area (Å²) in [4.78, 5) is 39.9. The molecule has 0 bridgehead atoms. The number of halogens is 1. The minimum absolute atomic E-state index is 0.0591. The maximum absolute atomic E-state index is 14.5. The van der Waals surface area contributed by atoms with E-state index in [0.29, 0.717) is 49.9 Å². The number of imidazole rings is 1. The maximum atomic E-state index is 14.5. The normalized spacial score (nSPS) is 17.8. The number of piperazine rings is 1. The van der Waals surface area contributed by atoms with E-state index < -0.39 is 11.4 Å². The predicted octanol–water partition coefficient (Wildman–Crippen LogP) is 4.39. The molecule has 2 aliphatic rings. The highest BCUT2D eigenvalue weighted by Crippen LogP contribution is 2.41. The summed E-state index contributed by atoms with van der Waals surface area (Å²) in [6.45, 7) is 12.3. The molecule has 0 saturated carbocycles. The fourth-order valence-corrected chi connectivity index (χ4v) is 4.94. The van der Waals surface area contributed by atoms with Gasteiger partial charge in [0, 0.05) is 74.5 Å². The van der Waals surface area contributed by atoms with Crippen molar-refractivity contribution in [3.05, 3.63) is 47.8 Å². The van der Waals surface area contributed by atoms with Crippen LogP contribution in [0.2, 0.25) is 0 Å². The molecule has 1 atom stereocenters. The summed E-state index contributed by atoms with van der Waals surface area (Å²) in [7, 11) is 0. The van der Waals surface area contributed by atoms with Gasteiger partial charge in [-0.3, -0.25) is 4.90 Å². The number of amides is 3. The van der Waals surface area contributed by atoms with Crippen molar-refractivity contribution in [2.24, 2.45) is 0 Å². The van der Waals surface area contributed by atoms with Crippen molar-refractivity contribution in [2.75, 3.05) is 47.8 Å². The van der Waals surface area contributed by atoms with Gasteiger partial charge in [-0.2, -0.15) is 0 Å². The van der Waals surface area contributed by atoms with Crippen molar-refractivity contribution >= 4 is 35.0 Å². The largest absolute Gasteiger partial charge is 0.444 e. The van der Waals surface area contributed by atoms with Gasteiger partial charge in [0.25, 0.3) is 0 Å². The van der Waals surface area contributed by atoms with E-state index in [1.807, 2.05) is 26.8 Å². The van der Waals surface area contributed by atoms with Crippen LogP contribution in [0.25, 0.3) is 5.65 Å². The van der Waals surface area contributed by atoms with Crippen LogP contribution >= 0.6 is 0 Å². The number of hydrogen-bond acceptors (Lipinski definition) is 6. The summed E-state index contributed by atoms with van der Waals surface area (Å²) in [5.74, 6) is 0.146. The molecule has 3 amide bonds. The molecule has 0 spiro atoms. The Kier molecular flexibility index (Phi) is 6.17. The molecule has 5 heterocycles. The highest BCUT2D eigenvalue weighted by molar-refractivity contribution is 6.03. The summed E-state index contributed by atoms with van der Waals surface area (Å²) in [6.07, 6.45) is 4.75. The number of urea groups is 1. The van der Waals surface area contributed by atoms with Gasteiger partial charge in [-0.1, -0.05) is 6.92 Å². The highest BCUT2D eigenvalue weighted by atomic mass is 19.1. The van der Waals surface area contributed by atoms with Crippen molar-refractivity contribution in [1.82, 2.24) is 19.3 Å². The molecule has 2 aliphatic heterocycles. The Morgan fingerprint density at radius 3 is 2.59 bits per heavy atom. The zero-order valence-corrected chi connectivity index (χ0v) is 21.8. The number of pyridine rings is 2. The molecule has 3 aromatic heterocycles. The first-order valence-electron chi connectivity index (χ1n) is 12.5. The molecule has 37 heavy (non-hydrogen) atoms. The van der Waals surface area contributed by atoms with Crippen LogP contribution in [-0.2, 0) is 4.74 Å². The second-order valence-corrected chi connectivity index (χ2v) is 10.7. The third kappa shape index (κ3) is 4.90.